The molecule has 1 aliphatic heterocycles. The molecule has 0 aromatic carbocycles. The van der Waals surface area contributed by atoms with Crippen LogP contribution in [0.2, 0.25) is 0 Å². The van der Waals surface area contributed by atoms with Crippen molar-refractivity contribution >= 4 is 5.78 Å². The molecular weight excluding hydrogens is 320 g/mol. The summed E-state index contributed by atoms with van der Waals surface area (Å²) in [6.45, 7) is 4.50. The van der Waals surface area contributed by atoms with Gasteiger partial charge < -0.3 is 4.74 Å². The summed E-state index contributed by atoms with van der Waals surface area (Å²) in [5.41, 5.74) is 0. The van der Waals surface area contributed by atoms with Crippen molar-refractivity contribution in [2.24, 2.45) is 0 Å². The average Bonchev–Trinajstić information content (AvgIpc) is 3.08. The summed E-state index contributed by atoms with van der Waals surface area (Å²) < 4.78 is 6.03. The smallest absolute Gasteiger partial charge is 0.135 e. The van der Waals surface area contributed by atoms with Crippen LogP contribution in [0.3, 0.4) is 0 Å². The molecule has 0 saturated carbocycles. The van der Waals surface area contributed by atoms with Crippen LogP contribution in [0, 0.1) is 0 Å². The third-order valence-corrected chi connectivity index (χ3v) is 5.84. The normalized spacial score (nSPS) is 19.9. The first-order chi connectivity index (χ1) is 12.8. The van der Waals surface area contributed by atoms with Crippen LogP contribution < -0.4 is 0 Å². The highest BCUT2D eigenvalue weighted by molar-refractivity contribution is 5.78. The van der Waals surface area contributed by atoms with Gasteiger partial charge >= 0.3 is 0 Å². The van der Waals surface area contributed by atoms with Gasteiger partial charge in [-0.1, -0.05) is 97.3 Å². The lowest BCUT2D eigenvalue weighted by Crippen LogP contribution is -2.15. The Bertz CT molecular complexity index is 326. The minimum Gasteiger partial charge on any atom is -0.375 e. The van der Waals surface area contributed by atoms with Crippen LogP contribution in [0.5, 0.6) is 0 Å². The second-order valence-corrected chi connectivity index (χ2v) is 8.48. The molecule has 0 aromatic rings. The molecule has 2 unspecified atom stereocenters. The summed E-state index contributed by atoms with van der Waals surface area (Å²) in [6, 6.07) is 0. The Labute approximate surface area is 163 Å². The molecule has 1 heterocycles. The molecule has 0 aliphatic carbocycles. The first-order valence-corrected chi connectivity index (χ1v) is 11.9. The Morgan fingerprint density at radius 3 is 1.77 bits per heavy atom. The molecule has 1 aliphatic rings. The van der Waals surface area contributed by atoms with Crippen molar-refractivity contribution in [2.75, 3.05) is 0 Å². The number of carbonyl (C=O) groups is 1. The molecular formula is C24H46O2. The molecule has 0 N–H and O–H groups in total. The molecule has 26 heavy (non-hydrogen) atoms. The molecule has 1 saturated heterocycles. The molecule has 0 aromatic heterocycles. The van der Waals surface area contributed by atoms with E-state index in [0.717, 1.165) is 25.7 Å². The van der Waals surface area contributed by atoms with Crippen LogP contribution in [0.1, 0.15) is 136 Å². The Balaban J connectivity index is 1.84. The minimum absolute atomic E-state index is 0.224. The van der Waals surface area contributed by atoms with Crippen molar-refractivity contribution in [3.8, 4) is 0 Å². The van der Waals surface area contributed by atoms with Gasteiger partial charge in [-0.2, -0.15) is 0 Å². The third kappa shape index (κ3) is 12.9. The third-order valence-electron chi connectivity index (χ3n) is 5.84. The van der Waals surface area contributed by atoms with E-state index in [1.54, 1.807) is 0 Å². The van der Waals surface area contributed by atoms with Gasteiger partial charge in [-0.3, -0.25) is 4.79 Å². The summed E-state index contributed by atoms with van der Waals surface area (Å²) in [5.74, 6) is 0.429. The van der Waals surface area contributed by atoms with Crippen LogP contribution in [0.4, 0.5) is 0 Å². The molecule has 2 nitrogen and oxygen atoms in total. The highest BCUT2D eigenvalue weighted by Gasteiger charge is 2.26. The van der Waals surface area contributed by atoms with Crippen molar-refractivity contribution in [1.29, 1.82) is 0 Å². The lowest BCUT2D eigenvalue weighted by Gasteiger charge is -2.12. The number of ketones is 1. The van der Waals surface area contributed by atoms with Gasteiger partial charge in [0.25, 0.3) is 0 Å². The van der Waals surface area contributed by atoms with Gasteiger partial charge in [0.2, 0.25) is 0 Å². The fourth-order valence-corrected chi connectivity index (χ4v) is 4.09. The van der Waals surface area contributed by atoms with Gasteiger partial charge in [-0.05, 0) is 25.7 Å². The second-order valence-electron chi connectivity index (χ2n) is 8.48. The van der Waals surface area contributed by atoms with E-state index in [1.807, 2.05) is 0 Å². The lowest BCUT2D eigenvalue weighted by molar-refractivity contribution is -0.121. The zero-order chi connectivity index (χ0) is 18.9. The quantitative estimate of drug-likeness (QED) is 0.231. The number of carbonyl (C=O) groups excluding carboxylic acids is 1. The van der Waals surface area contributed by atoms with Crippen molar-refractivity contribution < 1.29 is 9.53 Å². The molecule has 1 fully saturated rings. The standard InChI is InChI=1S/C24H46O2/c1-3-5-7-8-9-10-11-12-13-14-15-16-17-22(25)21-24-20-19-23(26-24)18-6-4-2/h23-24H,3-21H2,1-2H3. The van der Waals surface area contributed by atoms with Gasteiger partial charge in [-0.25, -0.2) is 0 Å². The number of Topliss-reactive ketones (excluding diaryl/α,β-unsaturated/α-hetero) is 1. The van der Waals surface area contributed by atoms with Crippen molar-refractivity contribution in [2.45, 2.75) is 148 Å². The summed E-state index contributed by atoms with van der Waals surface area (Å²) in [4.78, 5) is 12.1. The van der Waals surface area contributed by atoms with E-state index in [-0.39, 0.29) is 6.10 Å². The van der Waals surface area contributed by atoms with E-state index in [0.29, 0.717) is 18.3 Å². The highest BCUT2D eigenvalue weighted by Crippen LogP contribution is 2.26. The van der Waals surface area contributed by atoms with E-state index in [4.69, 9.17) is 4.74 Å². The van der Waals surface area contributed by atoms with E-state index in [2.05, 4.69) is 13.8 Å². The fraction of sp³-hybridized carbons (Fsp3) is 0.958. The van der Waals surface area contributed by atoms with Crippen LogP contribution in [-0.2, 0) is 9.53 Å². The van der Waals surface area contributed by atoms with E-state index < -0.39 is 0 Å². The maximum atomic E-state index is 12.1. The average molecular weight is 367 g/mol. The van der Waals surface area contributed by atoms with Crippen LogP contribution in [-0.4, -0.2) is 18.0 Å². The molecule has 1 rings (SSSR count). The first kappa shape index (κ1) is 23.7. The summed E-state index contributed by atoms with van der Waals surface area (Å²) >= 11 is 0. The summed E-state index contributed by atoms with van der Waals surface area (Å²) in [7, 11) is 0. The molecule has 2 atom stereocenters. The van der Waals surface area contributed by atoms with Crippen LogP contribution in [0.25, 0.3) is 0 Å². The minimum atomic E-state index is 0.224. The largest absolute Gasteiger partial charge is 0.375 e. The summed E-state index contributed by atoms with van der Waals surface area (Å²) in [6.07, 6.45) is 24.3. The number of rotatable bonds is 18. The van der Waals surface area contributed by atoms with Crippen LogP contribution in [0.15, 0.2) is 0 Å². The van der Waals surface area contributed by atoms with E-state index >= 15 is 0 Å². The van der Waals surface area contributed by atoms with Gasteiger partial charge in [0, 0.05) is 12.8 Å². The van der Waals surface area contributed by atoms with E-state index in [9.17, 15) is 4.79 Å². The molecule has 0 spiro atoms. The zero-order valence-corrected chi connectivity index (χ0v) is 17.9. The predicted octanol–water partition coefficient (Wildman–Crippen LogP) is 7.77. The van der Waals surface area contributed by atoms with Gasteiger partial charge in [0.15, 0.2) is 0 Å². The maximum absolute atomic E-state index is 12.1. The highest BCUT2D eigenvalue weighted by atomic mass is 16.5. The van der Waals surface area contributed by atoms with Gasteiger partial charge in [-0.15, -0.1) is 0 Å². The number of unbranched alkanes of at least 4 members (excludes halogenated alkanes) is 12. The number of hydrogen-bond donors (Lipinski definition) is 0. The van der Waals surface area contributed by atoms with Gasteiger partial charge in [0.1, 0.15) is 5.78 Å². The monoisotopic (exact) mass is 366 g/mol. The van der Waals surface area contributed by atoms with Gasteiger partial charge in [0.05, 0.1) is 12.2 Å². The Morgan fingerprint density at radius 1 is 0.692 bits per heavy atom. The molecule has 0 amide bonds. The Morgan fingerprint density at radius 2 is 1.19 bits per heavy atom. The SMILES string of the molecule is CCCCCCCCCCCCCCC(=O)CC1CCC(CCCC)O1. The molecule has 0 radical (unpaired) electrons. The van der Waals surface area contributed by atoms with E-state index in [1.165, 1.54) is 89.9 Å². The van der Waals surface area contributed by atoms with Crippen LogP contribution >= 0.6 is 0 Å². The number of hydrogen-bond acceptors (Lipinski definition) is 2. The Hall–Kier alpha value is -0.370. The Kier molecular flexibility index (Phi) is 15.3. The topological polar surface area (TPSA) is 26.3 Å². The molecule has 0 bridgehead atoms. The summed E-state index contributed by atoms with van der Waals surface area (Å²) in [5, 5.41) is 0. The van der Waals surface area contributed by atoms with Crippen molar-refractivity contribution in [3.63, 3.8) is 0 Å². The molecule has 2 heteroatoms. The number of ether oxygens (including phenoxy) is 1. The zero-order valence-electron chi connectivity index (χ0n) is 17.9. The van der Waals surface area contributed by atoms with Crippen molar-refractivity contribution in [3.05, 3.63) is 0 Å². The predicted molar refractivity (Wildman–Crippen MR) is 113 cm³/mol. The second kappa shape index (κ2) is 16.8. The fourth-order valence-electron chi connectivity index (χ4n) is 4.09. The van der Waals surface area contributed by atoms with Crippen molar-refractivity contribution in [1.82, 2.24) is 0 Å². The maximum Gasteiger partial charge on any atom is 0.135 e. The molecule has 154 valence electrons. The first-order valence-electron chi connectivity index (χ1n) is 11.9. The lowest BCUT2D eigenvalue weighted by atomic mass is 10.0.